The van der Waals surface area contributed by atoms with Crippen LogP contribution in [0.25, 0.3) is 11.0 Å². The highest BCUT2D eigenvalue weighted by Gasteiger charge is 2.16. The summed E-state index contributed by atoms with van der Waals surface area (Å²) in [4.78, 5) is 4.19. The predicted octanol–water partition coefficient (Wildman–Crippen LogP) is 4.32. The van der Waals surface area contributed by atoms with Gasteiger partial charge in [0.15, 0.2) is 0 Å². The van der Waals surface area contributed by atoms with Crippen LogP contribution in [0.15, 0.2) is 47.0 Å². The number of rotatable bonds is 4. The number of hydrogen-bond acceptors (Lipinski definition) is 4. The van der Waals surface area contributed by atoms with E-state index in [9.17, 15) is 0 Å². The van der Waals surface area contributed by atoms with Gasteiger partial charge in [-0.2, -0.15) is 0 Å². The number of hydrogen-bond donors (Lipinski definition) is 1. The third-order valence-corrected chi connectivity index (χ3v) is 3.60. The van der Waals surface area contributed by atoms with Crippen LogP contribution in [-0.4, -0.2) is 12.1 Å². The lowest BCUT2D eigenvalue weighted by molar-refractivity contribution is 0.398. The van der Waals surface area contributed by atoms with Gasteiger partial charge < -0.3 is 14.5 Å². The molecule has 1 atom stereocenters. The van der Waals surface area contributed by atoms with Crippen molar-refractivity contribution in [1.29, 1.82) is 0 Å². The lowest BCUT2D eigenvalue weighted by atomic mass is 10.1. The third kappa shape index (κ3) is 2.57. The zero-order chi connectivity index (χ0) is 14.8. The Morgan fingerprint density at radius 2 is 2.00 bits per heavy atom. The summed E-state index contributed by atoms with van der Waals surface area (Å²) in [5, 5.41) is 4.56. The highest BCUT2D eigenvalue weighted by atomic mass is 16.5. The summed E-state index contributed by atoms with van der Waals surface area (Å²) in [7, 11) is 1.61. The topological polar surface area (TPSA) is 47.3 Å². The van der Waals surface area contributed by atoms with Crippen molar-refractivity contribution in [2.45, 2.75) is 19.9 Å². The minimum absolute atomic E-state index is 0.0626. The molecule has 3 rings (SSSR count). The fourth-order valence-electron chi connectivity index (χ4n) is 2.51. The number of furan rings is 1. The van der Waals surface area contributed by atoms with E-state index in [0.717, 1.165) is 22.4 Å². The van der Waals surface area contributed by atoms with Crippen LogP contribution >= 0.6 is 0 Å². The van der Waals surface area contributed by atoms with Gasteiger partial charge >= 0.3 is 0 Å². The van der Waals surface area contributed by atoms with E-state index in [2.05, 4.69) is 30.2 Å². The Bertz CT molecular complexity index is 747. The second-order valence-electron chi connectivity index (χ2n) is 5.04. The summed E-state index contributed by atoms with van der Waals surface area (Å²) in [6, 6.07) is 11.9. The van der Waals surface area contributed by atoms with Crippen molar-refractivity contribution in [2.24, 2.45) is 0 Å². The van der Waals surface area contributed by atoms with E-state index in [0.29, 0.717) is 5.88 Å². The monoisotopic (exact) mass is 282 g/mol. The maximum Gasteiger partial charge on any atom is 0.213 e. The third-order valence-electron chi connectivity index (χ3n) is 3.60. The molecule has 21 heavy (non-hydrogen) atoms. The number of methoxy groups -OCH3 is 1. The summed E-state index contributed by atoms with van der Waals surface area (Å²) in [5.74, 6) is 1.56. The van der Waals surface area contributed by atoms with Gasteiger partial charge in [-0.25, -0.2) is 4.98 Å². The van der Waals surface area contributed by atoms with E-state index < -0.39 is 0 Å². The Hall–Kier alpha value is -2.49. The standard InChI is InChI=1S/C17H18N2O2/c1-11-14-6-4-5-7-15(14)21-17(11)12(2)19-13-8-9-16(20-3)18-10-13/h4-10,12,19H,1-3H3. The number of ether oxygens (including phenoxy) is 1. The molecule has 0 aliphatic heterocycles. The number of benzene rings is 1. The number of para-hydroxylation sites is 1. The van der Waals surface area contributed by atoms with Crippen LogP contribution in [0.3, 0.4) is 0 Å². The van der Waals surface area contributed by atoms with Crippen LogP contribution in [0.4, 0.5) is 5.69 Å². The number of aromatic nitrogens is 1. The lowest BCUT2D eigenvalue weighted by Gasteiger charge is -2.13. The largest absolute Gasteiger partial charge is 0.481 e. The molecule has 0 amide bonds. The normalized spacial score (nSPS) is 12.3. The van der Waals surface area contributed by atoms with Crippen LogP contribution < -0.4 is 10.1 Å². The second kappa shape index (κ2) is 5.48. The van der Waals surface area contributed by atoms with Crippen molar-refractivity contribution in [3.05, 3.63) is 53.9 Å². The van der Waals surface area contributed by atoms with Gasteiger partial charge in [0.2, 0.25) is 5.88 Å². The van der Waals surface area contributed by atoms with Crippen molar-refractivity contribution in [3.63, 3.8) is 0 Å². The first-order valence-electron chi connectivity index (χ1n) is 6.93. The lowest BCUT2D eigenvalue weighted by Crippen LogP contribution is -2.07. The Kier molecular flexibility index (Phi) is 3.52. The number of nitrogens with zero attached hydrogens (tertiary/aromatic N) is 1. The van der Waals surface area contributed by atoms with Gasteiger partial charge in [-0.15, -0.1) is 0 Å². The summed E-state index contributed by atoms with van der Waals surface area (Å²) < 4.78 is 11.0. The molecule has 1 unspecified atom stereocenters. The van der Waals surface area contributed by atoms with Crippen molar-refractivity contribution in [3.8, 4) is 5.88 Å². The number of pyridine rings is 1. The van der Waals surface area contributed by atoms with Crippen LogP contribution in [-0.2, 0) is 0 Å². The zero-order valence-electron chi connectivity index (χ0n) is 12.4. The molecule has 3 aromatic rings. The molecule has 0 aliphatic carbocycles. The highest BCUT2D eigenvalue weighted by Crippen LogP contribution is 2.30. The molecule has 2 aromatic heterocycles. The minimum atomic E-state index is 0.0626. The van der Waals surface area contributed by atoms with Gasteiger partial charge in [-0.3, -0.25) is 0 Å². The van der Waals surface area contributed by atoms with Gasteiger partial charge in [0.1, 0.15) is 11.3 Å². The average molecular weight is 282 g/mol. The molecule has 0 radical (unpaired) electrons. The van der Waals surface area contributed by atoms with Gasteiger partial charge in [-0.1, -0.05) is 18.2 Å². The molecular weight excluding hydrogens is 264 g/mol. The average Bonchev–Trinajstić information content (AvgIpc) is 2.86. The molecule has 0 saturated carbocycles. The van der Waals surface area contributed by atoms with E-state index >= 15 is 0 Å². The Morgan fingerprint density at radius 1 is 1.19 bits per heavy atom. The van der Waals surface area contributed by atoms with Crippen molar-refractivity contribution >= 4 is 16.7 Å². The Morgan fingerprint density at radius 3 is 2.67 bits per heavy atom. The smallest absolute Gasteiger partial charge is 0.213 e. The fourth-order valence-corrected chi connectivity index (χ4v) is 2.51. The molecule has 0 bridgehead atoms. The van der Waals surface area contributed by atoms with Crippen LogP contribution in [0.5, 0.6) is 5.88 Å². The summed E-state index contributed by atoms with van der Waals surface area (Å²) >= 11 is 0. The van der Waals surface area contributed by atoms with E-state index in [-0.39, 0.29) is 6.04 Å². The van der Waals surface area contributed by atoms with Crippen molar-refractivity contribution < 1.29 is 9.15 Å². The molecule has 0 saturated heterocycles. The van der Waals surface area contributed by atoms with Crippen LogP contribution in [0.2, 0.25) is 0 Å². The molecule has 1 N–H and O–H groups in total. The molecule has 0 fully saturated rings. The fraction of sp³-hybridized carbons (Fsp3) is 0.235. The van der Waals surface area contributed by atoms with Gasteiger partial charge in [0.05, 0.1) is 25.0 Å². The van der Waals surface area contributed by atoms with Crippen LogP contribution in [0.1, 0.15) is 24.3 Å². The Balaban J connectivity index is 1.86. The Labute approximate surface area is 123 Å². The molecule has 0 spiro atoms. The first kappa shape index (κ1) is 13.5. The first-order chi connectivity index (χ1) is 10.2. The predicted molar refractivity (Wildman–Crippen MR) is 83.8 cm³/mol. The SMILES string of the molecule is COc1ccc(NC(C)c2oc3ccccc3c2C)cn1. The maximum absolute atomic E-state index is 5.97. The van der Waals surface area contributed by atoms with Gasteiger partial charge in [-0.05, 0) is 26.0 Å². The van der Waals surface area contributed by atoms with E-state index in [4.69, 9.17) is 9.15 Å². The first-order valence-corrected chi connectivity index (χ1v) is 6.93. The molecule has 1 aromatic carbocycles. The number of aryl methyl sites for hydroxylation is 1. The molecular formula is C17H18N2O2. The van der Waals surface area contributed by atoms with Crippen LogP contribution in [0, 0.1) is 6.92 Å². The van der Waals surface area contributed by atoms with E-state index in [1.807, 2.05) is 30.3 Å². The zero-order valence-corrected chi connectivity index (χ0v) is 12.4. The van der Waals surface area contributed by atoms with Crippen molar-refractivity contribution in [2.75, 3.05) is 12.4 Å². The van der Waals surface area contributed by atoms with E-state index in [1.54, 1.807) is 13.3 Å². The summed E-state index contributed by atoms with van der Waals surface area (Å²) in [6.07, 6.45) is 1.76. The summed E-state index contributed by atoms with van der Waals surface area (Å²) in [5.41, 5.74) is 3.03. The highest BCUT2D eigenvalue weighted by molar-refractivity contribution is 5.82. The molecule has 4 nitrogen and oxygen atoms in total. The molecule has 4 heteroatoms. The van der Waals surface area contributed by atoms with Crippen molar-refractivity contribution in [1.82, 2.24) is 4.98 Å². The molecule has 2 heterocycles. The number of nitrogens with one attached hydrogen (secondary N) is 1. The van der Waals surface area contributed by atoms with Gasteiger partial charge in [0.25, 0.3) is 0 Å². The second-order valence-corrected chi connectivity index (χ2v) is 5.04. The summed E-state index contributed by atoms with van der Waals surface area (Å²) in [6.45, 7) is 4.17. The number of anilines is 1. The maximum atomic E-state index is 5.97. The van der Waals surface area contributed by atoms with E-state index in [1.165, 1.54) is 5.56 Å². The number of fused-ring (bicyclic) bond motifs is 1. The van der Waals surface area contributed by atoms with Gasteiger partial charge in [0, 0.05) is 17.0 Å². The molecule has 0 aliphatic rings. The molecule has 108 valence electrons. The minimum Gasteiger partial charge on any atom is -0.481 e. The quantitative estimate of drug-likeness (QED) is 0.774.